The Kier molecular flexibility index (Phi) is 4.33. The lowest BCUT2D eigenvalue weighted by Gasteiger charge is -2.33. The van der Waals surface area contributed by atoms with Crippen molar-refractivity contribution in [3.8, 4) is 0 Å². The highest BCUT2D eigenvalue weighted by Gasteiger charge is 2.44. The molecular formula is C13H17Cl2N3O. The van der Waals surface area contributed by atoms with E-state index in [1.807, 2.05) is 11.0 Å². The van der Waals surface area contributed by atoms with Crippen molar-refractivity contribution in [2.45, 2.75) is 19.3 Å². The molecule has 0 atom stereocenters. The minimum atomic E-state index is 0. The number of nitrogens with zero attached hydrogens (tertiary/aromatic N) is 2. The molecule has 1 aromatic heterocycles. The summed E-state index contributed by atoms with van der Waals surface area (Å²) >= 11 is 5.77. The van der Waals surface area contributed by atoms with Crippen LogP contribution in [0, 0.1) is 5.41 Å². The molecule has 1 spiro atoms. The maximum absolute atomic E-state index is 12.2. The van der Waals surface area contributed by atoms with Crippen LogP contribution in [0.5, 0.6) is 0 Å². The third kappa shape index (κ3) is 2.86. The lowest BCUT2D eigenvalue weighted by atomic mass is 9.78. The Morgan fingerprint density at radius 3 is 2.68 bits per heavy atom. The van der Waals surface area contributed by atoms with Crippen LogP contribution in [0.15, 0.2) is 18.3 Å². The highest BCUT2D eigenvalue weighted by Crippen LogP contribution is 2.40. The van der Waals surface area contributed by atoms with Gasteiger partial charge in [-0.25, -0.2) is 4.98 Å². The van der Waals surface area contributed by atoms with Crippen LogP contribution in [0.1, 0.15) is 19.3 Å². The number of carbonyl (C=O) groups is 1. The smallest absolute Gasteiger partial charge is 0.227 e. The van der Waals surface area contributed by atoms with Crippen LogP contribution in [0.25, 0.3) is 0 Å². The van der Waals surface area contributed by atoms with Gasteiger partial charge in [-0.15, -0.1) is 12.4 Å². The molecule has 2 aliphatic rings. The third-order valence-electron chi connectivity index (χ3n) is 4.01. The molecule has 2 aliphatic heterocycles. The largest absolute Gasteiger partial charge is 0.317 e. The fraction of sp³-hybridized carbons (Fsp3) is 0.538. The summed E-state index contributed by atoms with van der Waals surface area (Å²) in [6.07, 6.45) is 4.50. The second kappa shape index (κ2) is 5.65. The highest BCUT2D eigenvalue weighted by molar-refractivity contribution is 6.29. The predicted octanol–water partition coefficient (Wildman–Crippen LogP) is 2.26. The van der Waals surface area contributed by atoms with E-state index in [2.05, 4.69) is 10.3 Å². The van der Waals surface area contributed by atoms with Gasteiger partial charge in [-0.3, -0.25) is 4.79 Å². The van der Waals surface area contributed by atoms with E-state index in [1.165, 1.54) is 0 Å². The first-order valence-electron chi connectivity index (χ1n) is 6.31. The van der Waals surface area contributed by atoms with Crippen molar-refractivity contribution in [1.82, 2.24) is 10.3 Å². The number of nitrogens with one attached hydrogen (secondary N) is 1. The van der Waals surface area contributed by atoms with Crippen LogP contribution in [0.4, 0.5) is 5.69 Å². The van der Waals surface area contributed by atoms with Crippen LogP contribution in [-0.4, -0.2) is 30.5 Å². The summed E-state index contributed by atoms with van der Waals surface area (Å²) in [5.74, 6) is 0.209. The first-order chi connectivity index (χ1) is 8.69. The van der Waals surface area contributed by atoms with E-state index < -0.39 is 0 Å². The SMILES string of the molecule is Cl.O=C1CC2(CCNCC2)CN1c1ccc(Cl)nc1. The number of amides is 1. The van der Waals surface area contributed by atoms with E-state index in [0.29, 0.717) is 11.6 Å². The van der Waals surface area contributed by atoms with Gasteiger partial charge in [0.1, 0.15) is 5.15 Å². The second-order valence-electron chi connectivity index (χ2n) is 5.25. The number of halogens is 2. The maximum atomic E-state index is 12.2. The summed E-state index contributed by atoms with van der Waals surface area (Å²) in [4.78, 5) is 18.1. The monoisotopic (exact) mass is 301 g/mol. The van der Waals surface area contributed by atoms with Crippen molar-refractivity contribution in [2.24, 2.45) is 5.41 Å². The van der Waals surface area contributed by atoms with Crippen molar-refractivity contribution in [3.05, 3.63) is 23.5 Å². The average Bonchev–Trinajstić information content (AvgIpc) is 2.68. The van der Waals surface area contributed by atoms with Gasteiger partial charge < -0.3 is 10.2 Å². The molecule has 0 bridgehead atoms. The Labute approximate surface area is 123 Å². The Hall–Kier alpha value is -0.840. The maximum Gasteiger partial charge on any atom is 0.227 e. The Balaban J connectivity index is 0.00000133. The molecular weight excluding hydrogens is 285 g/mol. The van der Waals surface area contributed by atoms with Gasteiger partial charge in [-0.05, 0) is 43.5 Å². The van der Waals surface area contributed by atoms with Gasteiger partial charge in [-0.1, -0.05) is 11.6 Å². The van der Waals surface area contributed by atoms with Gasteiger partial charge in [0.15, 0.2) is 0 Å². The van der Waals surface area contributed by atoms with E-state index in [9.17, 15) is 4.79 Å². The zero-order chi connectivity index (χ0) is 12.6. The molecule has 1 amide bonds. The lowest BCUT2D eigenvalue weighted by Crippen LogP contribution is -2.38. The van der Waals surface area contributed by atoms with Crippen molar-refractivity contribution in [3.63, 3.8) is 0 Å². The van der Waals surface area contributed by atoms with E-state index in [0.717, 1.165) is 38.2 Å². The predicted molar refractivity (Wildman–Crippen MR) is 78.0 cm³/mol. The summed E-state index contributed by atoms with van der Waals surface area (Å²) in [5, 5.41) is 3.81. The van der Waals surface area contributed by atoms with Gasteiger partial charge >= 0.3 is 0 Å². The summed E-state index contributed by atoms with van der Waals surface area (Å²) in [6.45, 7) is 2.84. The number of piperidine rings is 1. The highest BCUT2D eigenvalue weighted by atomic mass is 35.5. The molecule has 1 aromatic rings. The van der Waals surface area contributed by atoms with Gasteiger partial charge in [0.05, 0.1) is 11.9 Å². The summed E-state index contributed by atoms with van der Waals surface area (Å²) in [6, 6.07) is 3.60. The number of carbonyl (C=O) groups excluding carboxylic acids is 1. The normalized spacial score (nSPS) is 21.5. The molecule has 104 valence electrons. The van der Waals surface area contributed by atoms with Gasteiger partial charge in [-0.2, -0.15) is 0 Å². The minimum Gasteiger partial charge on any atom is -0.317 e. The molecule has 0 unspecified atom stereocenters. The number of aromatic nitrogens is 1. The molecule has 0 aliphatic carbocycles. The van der Waals surface area contributed by atoms with Crippen LogP contribution in [0.2, 0.25) is 5.15 Å². The summed E-state index contributed by atoms with van der Waals surface area (Å²) < 4.78 is 0. The number of anilines is 1. The third-order valence-corrected chi connectivity index (χ3v) is 4.23. The quantitative estimate of drug-likeness (QED) is 0.809. The first kappa shape index (κ1) is 14.6. The molecule has 1 N–H and O–H groups in total. The number of rotatable bonds is 1. The molecule has 3 heterocycles. The molecule has 0 radical (unpaired) electrons. The Morgan fingerprint density at radius 2 is 2.05 bits per heavy atom. The topological polar surface area (TPSA) is 45.2 Å². The van der Waals surface area contributed by atoms with Gasteiger partial charge in [0.2, 0.25) is 5.91 Å². The van der Waals surface area contributed by atoms with Gasteiger partial charge in [0.25, 0.3) is 0 Å². The minimum absolute atomic E-state index is 0. The standard InChI is InChI=1S/C13H16ClN3O.ClH/c14-11-2-1-10(8-16-11)17-9-13(7-12(17)18)3-5-15-6-4-13;/h1-2,8,15H,3-7,9H2;1H. The van der Waals surface area contributed by atoms with Crippen LogP contribution in [0.3, 0.4) is 0 Å². The summed E-state index contributed by atoms with van der Waals surface area (Å²) in [7, 11) is 0. The molecule has 2 saturated heterocycles. The van der Waals surface area contributed by atoms with Gasteiger partial charge in [0, 0.05) is 13.0 Å². The molecule has 19 heavy (non-hydrogen) atoms. The van der Waals surface area contributed by atoms with Crippen LogP contribution >= 0.6 is 24.0 Å². The molecule has 0 saturated carbocycles. The molecule has 0 aromatic carbocycles. The fourth-order valence-electron chi connectivity index (χ4n) is 2.95. The average molecular weight is 302 g/mol. The second-order valence-corrected chi connectivity index (χ2v) is 5.63. The Bertz CT molecular complexity index is 457. The van der Waals surface area contributed by atoms with Crippen molar-refractivity contribution in [1.29, 1.82) is 0 Å². The number of pyridine rings is 1. The Morgan fingerprint density at radius 1 is 1.32 bits per heavy atom. The molecule has 2 fully saturated rings. The first-order valence-corrected chi connectivity index (χ1v) is 6.69. The molecule has 6 heteroatoms. The molecule has 3 rings (SSSR count). The zero-order valence-corrected chi connectivity index (χ0v) is 12.1. The molecule has 4 nitrogen and oxygen atoms in total. The lowest BCUT2D eigenvalue weighted by molar-refractivity contribution is -0.117. The van der Waals surface area contributed by atoms with E-state index in [1.54, 1.807) is 12.3 Å². The van der Waals surface area contributed by atoms with Crippen LogP contribution in [-0.2, 0) is 4.79 Å². The number of hydrogen-bond donors (Lipinski definition) is 1. The van der Waals surface area contributed by atoms with Crippen molar-refractivity contribution in [2.75, 3.05) is 24.5 Å². The zero-order valence-electron chi connectivity index (χ0n) is 10.6. The van der Waals surface area contributed by atoms with E-state index in [4.69, 9.17) is 11.6 Å². The number of hydrogen-bond acceptors (Lipinski definition) is 3. The van der Waals surface area contributed by atoms with E-state index >= 15 is 0 Å². The van der Waals surface area contributed by atoms with Crippen LogP contribution < -0.4 is 10.2 Å². The van der Waals surface area contributed by atoms with Crippen molar-refractivity contribution < 1.29 is 4.79 Å². The summed E-state index contributed by atoms with van der Waals surface area (Å²) in [5.41, 5.74) is 1.03. The van der Waals surface area contributed by atoms with Crippen molar-refractivity contribution >= 4 is 35.6 Å². The fourth-order valence-corrected chi connectivity index (χ4v) is 3.06. The van der Waals surface area contributed by atoms with E-state index in [-0.39, 0.29) is 23.7 Å².